The largest absolute Gasteiger partial charge is 0.324 e. The minimum absolute atomic E-state index is 0.0754. The molecule has 1 aliphatic heterocycles. The number of hydrogen-bond donors (Lipinski definition) is 1. The van der Waals surface area contributed by atoms with Crippen LogP contribution in [-0.2, 0) is 0 Å². The summed E-state index contributed by atoms with van der Waals surface area (Å²) in [5, 5.41) is 7.13. The topological polar surface area (TPSA) is 58.1 Å². The first kappa shape index (κ1) is 10.7. The molecule has 1 aromatic rings. The second-order valence-corrected chi connectivity index (χ2v) is 5.28. The van der Waals surface area contributed by atoms with Crippen LogP contribution in [0.15, 0.2) is 6.20 Å². The molecule has 0 saturated carbocycles. The molecular formula is C8H12N4OS2. The lowest BCUT2D eigenvalue weighted by Crippen LogP contribution is -2.39. The molecule has 0 spiro atoms. The molecule has 0 aliphatic carbocycles. The molecule has 82 valence electrons. The van der Waals surface area contributed by atoms with Gasteiger partial charge in [0.2, 0.25) is 0 Å². The van der Waals surface area contributed by atoms with Gasteiger partial charge in [0.25, 0.3) is 0 Å². The lowest BCUT2D eigenvalue weighted by Gasteiger charge is -2.23. The van der Waals surface area contributed by atoms with Gasteiger partial charge >= 0.3 is 6.03 Å². The van der Waals surface area contributed by atoms with Crippen molar-refractivity contribution in [3.8, 4) is 0 Å². The molecule has 1 fully saturated rings. The van der Waals surface area contributed by atoms with Crippen molar-refractivity contribution in [2.45, 2.75) is 12.5 Å². The van der Waals surface area contributed by atoms with Crippen LogP contribution in [0.2, 0.25) is 0 Å². The summed E-state index contributed by atoms with van der Waals surface area (Å²) in [5.74, 6) is 2.18. The highest BCUT2D eigenvalue weighted by Gasteiger charge is 2.23. The van der Waals surface area contributed by atoms with Crippen molar-refractivity contribution in [1.29, 1.82) is 0 Å². The van der Waals surface area contributed by atoms with Crippen molar-refractivity contribution in [3.05, 3.63) is 6.20 Å². The number of rotatable bonds is 2. The minimum Gasteiger partial charge on any atom is -0.324 e. The Balaban J connectivity index is 1.89. The van der Waals surface area contributed by atoms with E-state index in [1.54, 1.807) is 11.1 Å². The van der Waals surface area contributed by atoms with Gasteiger partial charge in [0.05, 0.1) is 6.20 Å². The number of anilines is 1. The Labute approximate surface area is 96.4 Å². The second kappa shape index (κ2) is 4.80. The fraction of sp³-hybridized carbons (Fsp3) is 0.625. The third-order valence-electron chi connectivity index (χ3n) is 2.37. The summed E-state index contributed by atoms with van der Waals surface area (Å²) in [7, 11) is 1.83. The number of hydrogen-bond acceptors (Lipinski definition) is 5. The Morgan fingerprint density at radius 3 is 3.20 bits per heavy atom. The highest BCUT2D eigenvalue weighted by Crippen LogP contribution is 2.22. The van der Waals surface area contributed by atoms with Gasteiger partial charge in [-0.25, -0.2) is 4.79 Å². The van der Waals surface area contributed by atoms with E-state index in [1.807, 2.05) is 18.8 Å². The van der Waals surface area contributed by atoms with Crippen LogP contribution in [-0.4, -0.2) is 45.1 Å². The molecule has 1 aromatic heterocycles. The molecule has 2 heterocycles. The van der Waals surface area contributed by atoms with Crippen molar-refractivity contribution < 1.29 is 4.79 Å². The highest BCUT2D eigenvalue weighted by atomic mass is 32.2. The van der Waals surface area contributed by atoms with E-state index in [-0.39, 0.29) is 6.03 Å². The Bertz CT molecular complexity index is 323. The summed E-state index contributed by atoms with van der Waals surface area (Å²) in [5.41, 5.74) is 0. The smallest absolute Gasteiger partial charge is 0.322 e. The molecule has 2 amide bonds. The van der Waals surface area contributed by atoms with E-state index in [4.69, 9.17) is 0 Å². The molecule has 15 heavy (non-hydrogen) atoms. The average Bonchev–Trinajstić information content (AvgIpc) is 2.88. The zero-order chi connectivity index (χ0) is 10.7. The Morgan fingerprint density at radius 1 is 1.73 bits per heavy atom. The van der Waals surface area contributed by atoms with E-state index in [2.05, 4.69) is 14.9 Å². The number of amides is 2. The van der Waals surface area contributed by atoms with Crippen LogP contribution < -0.4 is 5.32 Å². The number of thioether (sulfide) groups is 1. The second-order valence-electron chi connectivity index (χ2n) is 3.34. The quantitative estimate of drug-likeness (QED) is 0.856. The number of aromatic nitrogens is 2. The first-order chi connectivity index (χ1) is 7.27. The summed E-state index contributed by atoms with van der Waals surface area (Å²) >= 11 is 3.08. The Hall–Kier alpha value is -0.820. The highest BCUT2D eigenvalue weighted by molar-refractivity contribution is 7.99. The van der Waals surface area contributed by atoms with Crippen LogP contribution in [0.4, 0.5) is 9.80 Å². The third kappa shape index (κ3) is 2.60. The molecule has 0 bridgehead atoms. The fourth-order valence-corrected chi connectivity index (χ4v) is 3.09. The van der Waals surface area contributed by atoms with E-state index >= 15 is 0 Å². The van der Waals surface area contributed by atoms with Gasteiger partial charge in [-0.1, -0.05) is 4.49 Å². The molecule has 2 rings (SSSR count). The van der Waals surface area contributed by atoms with E-state index in [0.29, 0.717) is 11.0 Å². The molecule has 0 radical (unpaired) electrons. The normalized spacial score (nSPS) is 20.2. The summed E-state index contributed by atoms with van der Waals surface area (Å²) in [6.07, 6.45) is 2.63. The molecular weight excluding hydrogens is 232 g/mol. The van der Waals surface area contributed by atoms with Crippen molar-refractivity contribution >= 4 is 34.3 Å². The molecule has 5 nitrogen and oxygen atoms in total. The first-order valence-corrected chi connectivity index (χ1v) is 6.59. The van der Waals surface area contributed by atoms with E-state index < -0.39 is 0 Å². The predicted octanol–water partition coefficient (Wildman–Crippen LogP) is 1.51. The van der Waals surface area contributed by atoms with Crippen molar-refractivity contribution in [2.24, 2.45) is 0 Å². The van der Waals surface area contributed by atoms with Crippen LogP contribution >= 0.6 is 23.3 Å². The van der Waals surface area contributed by atoms with Crippen LogP contribution in [0.25, 0.3) is 0 Å². The summed E-state index contributed by atoms with van der Waals surface area (Å²) in [6, 6.07) is 0.282. The minimum atomic E-state index is -0.0754. The molecule has 1 unspecified atom stereocenters. The fourth-order valence-electron chi connectivity index (χ4n) is 1.41. The van der Waals surface area contributed by atoms with Crippen molar-refractivity contribution in [3.63, 3.8) is 0 Å². The Kier molecular flexibility index (Phi) is 3.42. The SMILES string of the molecule is CN(C(=O)Nc1cnns1)C1CCSC1. The summed E-state index contributed by atoms with van der Waals surface area (Å²) in [6.45, 7) is 0. The first-order valence-electron chi connectivity index (χ1n) is 4.66. The van der Waals surface area contributed by atoms with Crippen molar-refractivity contribution in [2.75, 3.05) is 23.9 Å². The number of nitrogens with zero attached hydrogens (tertiary/aromatic N) is 3. The maximum atomic E-state index is 11.8. The number of carbonyl (C=O) groups is 1. The molecule has 1 atom stereocenters. The van der Waals surface area contributed by atoms with Gasteiger partial charge < -0.3 is 4.90 Å². The van der Waals surface area contributed by atoms with Gasteiger partial charge in [0.1, 0.15) is 5.00 Å². The lowest BCUT2D eigenvalue weighted by molar-refractivity contribution is 0.209. The average molecular weight is 244 g/mol. The maximum Gasteiger partial charge on any atom is 0.322 e. The third-order valence-corrected chi connectivity index (χ3v) is 4.09. The van der Waals surface area contributed by atoms with Crippen molar-refractivity contribution in [1.82, 2.24) is 14.5 Å². The zero-order valence-corrected chi connectivity index (χ0v) is 9.98. The van der Waals surface area contributed by atoms with Gasteiger partial charge in [0.15, 0.2) is 0 Å². The monoisotopic (exact) mass is 244 g/mol. The van der Waals surface area contributed by atoms with Crippen LogP contribution in [0, 0.1) is 0 Å². The van der Waals surface area contributed by atoms with Gasteiger partial charge in [0, 0.05) is 30.4 Å². The zero-order valence-electron chi connectivity index (χ0n) is 8.34. The number of carbonyl (C=O) groups excluding carboxylic acids is 1. The van der Waals surface area contributed by atoms with E-state index in [9.17, 15) is 4.79 Å². The molecule has 0 aromatic carbocycles. The standard InChI is InChI=1S/C8H12N4OS2/c1-12(6-2-3-14-5-6)8(13)10-7-4-9-11-15-7/h4,6H,2-3,5H2,1H3,(H,10,13). The van der Waals surface area contributed by atoms with Crippen LogP contribution in [0.5, 0.6) is 0 Å². The van der Waals surface area contributed by atoms with E-state index in [0.717, 1.165) is 17.9 Å². The summed E-state index contributed by atoms with van der Waals surface area (Å²) in [4.78, 5) is 13.5. The number of urea groups is 1. The van der Waals surface area contributed by atoms with Gasteiger partial charge in [-0.15, -0.1) is 5.10 Å². The van der Waals surface area contributed by atoms with Gasteiger partial charge in [-0.3, -0.25) is 5.32 Å². The van der Waals surface area contributed by atoms with Crippen LogP contribution in [0.1, 0.15) is 6.42 Å². The van der Waals surface area contributed by atoms with Crippen LogP contribution in [0.3, 0.4) is 0 Å². The maximum absolute atomic E-state index is 11.8. The molecule has 1 aliphatic rings. The number of nitrogens with one attached hydrogen (secondary N) is 1. The Morgan fingerprint density at radius 2 is 2.60 bits per heavy atom. The molecule has 7 heteroatoms. The molecule has 1 saturated heterocycles. The van der Waals surface area contributed by atoms with Gasteiger partial charge in [-0.05, 0) is 12.2 Å². The summed E-state index contributed by atoms with van der Waals surface area (Å²) < 4.78 is 3.69. The van der Waals surface area contributed by atoms with E-state index in [1.165, 1.54) is 11.5 Å². The predicted molar refractivity (Wildman–Crippen MR) is 62.4 cm³/mol. The lowest BCUT2D eigenvalue weighted by atomic mass is 10.2. The molecule has 1 N–H and O–H groups in total. The van der Waals surface area contributed by atoms with Gasteiger partial charge in [-0.2, -0.15) is 11.8 Å².